The highest BCUT2D eigenvalue weighted by Gasteiger charge is 2.18. The monoisotopic (exact) mass is 330 g/mol. The van der Waals surface area contributed by atoms with E-state index in [1.54, 1.807) is 24.3 Å². The van der Waals surface area contributed by atoms with Crippen molar-refractivity contribution in [1.29, 1.82) is 0 Å². The third-order valence-corrected chi connectivity index (χ3v) is 3.77. The van der Waals surface area contributed by atoms with Crippen molar-refractivity contribution in [2.24, 2.45) is 0 Å². The molecule has 0 atom stereocenters. The van der Waals surface area contributed by atoms with Crippen LogP contribution in [0.1, 0.15) is 25.7 Å². The zero-order valence-corrected chi connectivity index (χ0v) is 13.0. The molecule has 1 fully saturated rings. The van der Waals surface area contributed by atoms with Crippen LogP contribution in [0.5, 0.6) is 5.75 Å². The van der Waals surface area contributed by atoms with E-state index in [-0.39, 0.29) is 12.6 Å². The Morgan fingerprint density at radius 2 is 1.96 bits per heavy atom. The molecule has 2 aromatic rings. The summed E-state index contributed by atoms with van der Waals surface area (Å²) in [7, 11) is 0. The van der Waals surface area contributed by atoms with E-state index in [1.165, 1.54) is 6.39 Å². The van der Waals surface area contributed by atoms with Crippen LogP contribution in [0.3, 0.4) is 0 Å². The normalized spacial score (nSPS) is 14.3. The summed E-state index contributed by atoms with van der Waals surface area (Å²) in [6.07, 6.45) is 5.40. The van der Waals surface area contributed by atoms with Crippen molar-refractivity contribution in [3.05, 3.63) is 30.7 Å². The largest absolute Gasteiger partial charge is 0.484 e. The molecule has 1 heterocycles. The van der Waals surface area contributed by atoms with Crippen molar-refractivity contribution in [2.75, 3.05) is 6.61 Å². The molecule has 2 N–H and O–H groups in total. The zero-order valence-electron chi connectivity index (χ0n) is 13.0. The first-order chi connectivity index (χ1) is 11.7. The molecule has 3 rings (SSSR count). The quantitative estimate of drug-likeness (QED) is 0.867. The second-order valence-electron chi connectivity index (χ2n) is 5.56. The highest BCUT2D eigenvalue weighted by Crippen LogP contribution is 2.20. The Morgan fingerprint density at radius 1 is 1.21 bits per heavy atom. The van der Waals surface area contributed by atoms with Crippen LogP contribution in [0.15, 0.2) is 35.1 Å². The van der Waals surface area contributed by atoms with E-state index in [0.29, 0.717) is 11.6 Å². The molecule has 1 aliphatic carbocycles. The van der Waals surface area contributed by atoms with Crippen LogP contribution in [0.4, 0.5) is 4.79 Å². The second-order valence-corrected chi connectivity index (χ2v) is 5.56. The number of rotatable bonds is 5. The molecule has 1 saturated carbocycles. The van der Waals surface area contributed by atoms with Gasteiger partial charge in [-0.2, -0.15) is 0 Å². The fraction of sp³-hybridized carbons (Fsp3) is 0.375. The van der Waals surface area contributed by atoms with Gasteiger partial charge in [0.15, 0.2) is 6.61 Å². The van der Waals surface area contributed by atoms with E-state index in [4.69, 9.17) is 9.15 Å². The smallest absolute Gasteiger partial charge is 0.321 e. The number of amides is 3. The standard InChI is InChI=1S/C16H18N4O4/c21-14(19-16(22)18-12-3-1-2-4-12)9-23-13-7-5-11(6-8-13)15-20-17-10-24-15/h5-8,10,12H,1-4,9H2,(H2,18,19,21,22). The summed E-state index contributed by atoms with van der Waals surface area (Å²) in [6.45, 7) is -0.238. The number of ether oxygens (including phenoxy) is 1. The third-order valence-electron chi connectivity index (χ3n) is 3.77. The van der Waals surface area contributed by atoms with Crippen LogP contribution in [0.2, 0.25) is 0 Å². The van der Waals surface area contributed by atoms with Crippen LogP contribution in [0, 0.1) is 0 Å². The number of benzene rings is 1. The van der Waals surface area contributed by atoms with E-state index >= 15 is 0 Å². The summed E-state index contributed by atoms with van der Waals surface area (Å²) in [6, 6.07) is 6.55. The minimum absolute atomic E-state index is 0.163. The Morgan fingerprint density at radius 3 is 2.62 bits per heavy atom. The van der Waals surface area contributed by atoms with E-state index in [9.17, 15) is 9.59 Å². The van der Waals surface area contributed by atoms with E-state index < -0.39 is 11.9 Å². The summed E-state index contributed by atoms with van der Waals surface area (Å²) in [5, 5.41) is 12.4. The average molecular weight is 330 g/mol. The summed E-state index contributed by atoms with van der Waals surface area (Å²) in [5.41, 5.74) is 0.750. The predicted octanol–water partition coefficient (Wildman–Crippen LogP) is 1.88. The zero-order chi connectivity index (χ0) is 16.8. The molecule has 0 saturated heterocycles. The van der Waals surface area contributed by atoms with E-state index in [1.807, 2.05) is 0 Å². The maximum atomic E-state index is 11.7. The van der Waals surface area contributed by atoms with Crippen molar-refractivity contribution in [3.8, 4) is 17.2 Å². The van der Waals surface area contributed by atoms with Gasteiger partial charge in [-0.25, -0.2) is 4.79 Å². The van der Waals surface area contributed by atoms with Gasteiger partial charge in [0.2, 0.25) is 12.3 Å². The highest BCUT2D eigenvalue weighted by molar-refractivity contribution is 5.95. The summed E-state index contributed by atoms with van der Waals surface area (Å²) in [5.74, 6) is 0.416. The van der Waals surface area contributed by atoms with Gasteiger partial charge >= 0.3 is 6.03 Å². The molecule has 126 valence electrons. The minimum Gasteiger partial charge on any atom is -0.484 e. The first-order valence-corrected chi connectivity index (χ1v) is 7.80. The molecule has 0 radical (unpaired) electrons. The maximum Gasteiger partial charge on any atom is 0.321 e. The fourth-order valence-electron chi connectivity index (χ4n) is 2.60. The predicted molar refractivity (Wildman–Crippen MR) is 84.2 cm³/mol. The Hall–Kier alpha value is -2.90. The Kier molecular flexibility index (Phi) is 5.05. The van der Waals surface area contributed by atoms with Gasteiger partial charge in [0, 0.05) is 11.6 Å². The molecule has 1 aliphatic rings. The third kappa shape index (κ3) is 4.31. The van der Waals surface area contributed by atoms with Gasteiger partial charge in [-0.05, 0) is 37.1 Å². The van der Waals surface area contributed by atoms with Crippen molar-refractivity contribution < 1.29 is 18.7 Å². The van der Waals surface area contributed by atoms with Crippen molar-refractivity contribution in [3.63, 3.8) is 0 Å². The van der Waals surface area contributed by atoms with Crippen LogP contribution in [0.25, 0.3) is 11.5 Å². The lowest BCUT2D eigenvalue weighted by atomic mass is 10.2. The van der Waals surface area contributed by atoms with Gasteiger partial charge in [0.1, 0.15) is 5.75 Å². The van der Waals surface area contributed by atoms with E-state index in [0.717, 1.165) is 31.2 Å². The molecule has 1 aromatic carbocycles. The second kappa shape index (κ2) is 7.58. The molecule has 0 aliphatic heterocycles. The first kappa shape index (κ1) is 16.0. The van der Waals surface area contributed by atoms with Crippen LogP contribution >= 0.6 is 0 Å². The number of aromatic nitrogens is 2. The highest BCUT2D eigenvalue weighted by atomic mass is 16.5. The van der Waals surface area contributed by atoms with Crippen molar-refractivity contribution >= 4 is 11.9 Å². The molecule has 0 spiro atoms. The fourth-order valence-corrected chi connectivity index (χ4v) is 2.60. The Balaban J connectivity index is 1.43. The number of nitrogens with zero attached hydrogens (tertiary/aromatic N) is 2. The SMILES string of the molecule is O=C(COc1ccc(-c2nnco2)cc1)NC(=O)NC1CCCC1. The van der Waals surface area contributed by atoms with Gasteiger partial charge in [0.25, 0.3) is 5.91 Å². The summed E-state index contributed by atoms with van der Waals surface area (Å²) >= 11 is 0. The first-order valence-electron chi connectivity index (χ1n) is 7.80. The summed E-state index contributed by atoms with van der Waals surface area (Å²) < 4.78 is 10.4. The molecular weight excluding hydrogens is 312 g/mol. The lowest BCUT2D eigenvalue weighted by Crippen LogP contribution is -2.45. The number of urea groups is 1. The lowest BCUT2D eigenvalue weighted by molar-refractivity contribution is -0.122. The molecule has 3 amide bonds. The number of carbonyl (C=O) groups is 2. The molecule has 24 heavy (non-hydrogen) atoms. The topological polar surface area (TPSA) is 106 Å². The number of imide groups is 1. The Bertz CT molecular complexity index is 679. The molecular formula is C16H18N4O4. The number of hydrogen-bond acceptors (Lipinski definition) is 6. The van der Waals surface area contributed by atoms with Crippen molar-refractivity contribution in [1.82, 2.24) is 20.8 Å². The lowest BCUT2D eigenvalue weighted by Gasteiger charge is -2.12. The minimum atomic E-state index is -0.494. The number of carbonyl (C=O) groups excluding carboxylic acids is 2. The summed E-state index contributed by atoms with van der Waals surface area (Å²) in [4.78, 5) is 23.4. The van der Waals surface area contributed by atoms with Gasteiger partial charge < -0.3 is 14.5 Å². The van der Waals surface area contributed by atoms with Gasteiger partial charge in [-0.3, -0.25) is 10.1 Å². The maximum absolute atomic E-state index is 11.7. The number of hydrogen-bond donors (Lipinski definition) is 2. The van der Waals surface area contributed by atoms with Crippen LogP contribution in [-0.4, -0.2) is 34.8 Å². The molecule has 8 nitrogen and oxygen atoms in total. The van der Waals surface area contributed by atoms with Crippen molar-refractivity contribution in [2.45, 2.75) is 31.7 Å². The molecule has 8 heteroatoms. The number of nitrogens with one attached hydrogen (secondary N) is 2. The molecule has 0 bridgehead atoms. The van der Waals surface area contributed by atoms with Crippen LogP contribution in [-0.2, 0) is 4.79 Å². The van der Waals surface area contributed by atoms with E-state index in [2.05, 4.69) is 20.8 Å². The van der Waals surface area contributed by atoms with Crippen LogP contribution < -0.4 is 15.4 Å². The average Bonchev–Trinajstić information content (AvgIpc) is 3.27. The van der Waals surface area contributed by atoms with Gasteiger partial charge in [-0.15, -0.1) is 10.2 Å². The molecule has 0 unspecified atom stereocenters. The Labute approximate surface area is 138 Å². The van der Waals surface area contributed by atoms with Gasteiger partial charge in [-0.1, -0.05) is 12.8 Å². The molecule has 1 aromatic heterocycles. The van der Waals surface area contributed by atoms with Gasteiger partial charge in [0.05, 0.1) is 0 Å².